The van der Waals surface area contributed by atoms with Crippen LogP contribution in [-0.2, 0) is 6.42 Å². The van der Waals surface area contributed by atoms with Crippen molar-refractivity contribution in [1.82, 2.24) is 5.32 Å². The molecule has 1 aromatic carbocycles. The van der Waals surface area contributed by atoms with Gasteiger partial charge in [0.15, 0.2) is 0 Å². The van der Waals surface area contributed by atoms with Crippen LogP contribution in [0.4, 0.5) is 8.78 Å². The summed E-state index contributed by atoms with van der Waals surface area (Å²) in [5, 5.41) is 3.38. The van der Waals surface area contributed by atoms with Crippen molar-refractivity contribution in [2.45, 2.75) is 47.1 Å². The zero-order valence-corrected chi connectivity index (χ0v) is 12.6. The summed E-state index contributed by atoms with van der Waals surface area (Å²) in [5.74, 6) is -0.564. The Morgan fingerprint density at radius 2 is 1.63 bits per heavy atom. The topological polar surface area (TPSA) is 12.0 Å². The summed E-state index contributed by atoms with van der Waals surface area (Å²) in [5.41, 5.74) is 0.0251. The summed E-state index contributed by atoms with van der Waals surface area (Å²) >= 11 is 0. The zero-order chi connectivity index (χ0) is 14.6. The lowest BCUT2D eigenvalue weighted by Crippen LogP contribution is -2.40. The van der Waals surface area contributed by atoms with Gasteiger partial charge in [0.25, 0.3) is 0 Å². The third kappa shape index (κ3) is 4.27. The molecule has 0 heterocycles. The molecule has 0 amide bonds. The Bertz CT molecular complexity index is 395. The van der Waals surface area contributed by atoms with Crippen LogP contribution in [0.5, 0.6) is 0 Å². The molecule has 1 nitrogen and oxygen atoms in total. The molecule has 3 heteroatoms. The van der Waals surface area contributed by atoms with Gasteiger partial charge < -0.3 is 5.32 Å². The standard InChI is InChI=1S/C16H25F2N/c1-11(2)16(5,10-19-12(3)4)9-13-14(17)7-6-8-15(13)18/h6-8,11-12,19H,9-10H2,1-5H3. The summed E-state index contributed by atoms with van der Waals surface area (Å²) in [4.78, 5) is 0. The Labute approximate surface area is 115 Å². The predicted molar refractivity (Wildman–Crippen MR) is 76.1 cm³/mol. The molecule has 0 fully saturated rings. The summed E-state index contributed by atoms with van der Waals surface area (Å²) in [6.45, 7) is 11.2. The molecule has 0 saturated carbocycles. The number of benzene rings is 1. The molecule has 1 aromatic rings. The maximum Gasteiger partial charge on any atom is 0.129 e. The van der Waals surface area contributed by atoms with Crippen molar-refractivity contribution in [2.75, 3.05) is 6.54 Å². The van der Waals surface area contributed by atoms with Gasteiger partial charge in [-0.25, -0.2) is 8.78 Å². The van der Waals surface area contributed by atoms with E-state index in [0.717, 1.165) is 6.54 Å². The van der Waals surface area contributed by atoms with Crippen LogP contribution in [0.25, 0.3) is 0 Å². The molecule has 0 aliphatic heterocycles. The third-order valence-corrected chi connectivity index (χ3v) is 3.95. The van der Waals surface area contributed by atoms with Gasteiger partial charge in [-0.1, -0.05) is 40.7 Å². The van der Waals surface area contributed by atoms with Gasteiger partial charge in [-0.15, -0.1) is 0 Å². The van der Waals surface area contributed by atoms with E-state index in [-0.39, 0.29) is 11.0 Å². The minimum absolute atomic E-state index is 0.173. The van der Waals surface area contributed by atoms with Gasteiger partial charge in [0.05, 0.1) is 0 Å². The highest BCUT2D eigenvalue weighted by Gasteiger charge is 2.30. The summed E-state index contributed by atoms with van der Waals surface area (Å²) in [7, 11) is 0. The zero-order valence-electron chi connectivity index (χ0n) is 12.6. The quantitative estimate of drug-likeness (QED) is 0.817. The first-order valence-corrected chi connectivity index (χ1v) is 6.92. The summed E-state index contributed by atoms with van der Waals surface area (Å²) in [6.07, 6.45) is 0.406. The molecule has 108 valence electrons. The number of rotatable bonds is 6. The van der Waals surface area contributed by atoms with E-state index in [4.69, 9.17) is 0 Å². The average Bonchev–Trinajstić information content (AvgIpc) is 2.31. The first kappa shape index (κ1) is 16.1. The van der Waals surface area contributed by atoms with Gasteiger partial charge >= 0.3 is 0 Å². The molecular weight excluding hydrogens is 244 g/mol. The van der Waals surface area contributed by atoms with Crippen molar-refractivity contribution < 1.29 is 8.78 Å². The number of halogens is 2. The first-order chi connectivity index (χ1) is 8.76. The normalized spacial score (nSPS) is 15.0. The van der Waals surface area contributed by atoms with Gasteiger partial charge in [-0.3, -0.25) is 0 Å². The largest absolute Gasteiger partial charge is 0.314 e. The molecule has 1 rings (SSSR count). The van der Waals surface area contributed by atoms with Crippen LogP contribution >= 0.6 is 0 Å². The Hall–Kier alpha value is -0.960. The van der Waals surface area contributed by atoms with E-state index < -0.39 is 11.6 Å². The summed E-state index contributed by atoms with van der Waals surface area (Å²) in [6, 6.07) is 4.43. The molecular formula is C16H25F2N. The lowest BCUT2D eigenvalue weighted by atomic mass is 9.74. The van der Waals surface area contributed by atoms with Gasteiger partial charge in [0.1, 0.15) is 11.6 Å². The Morgan fingerprint density at radius 3 is 2.05 bits per heavy atom. The van der Waals surface area contributed by atoms with Crippen LogP contribution in [0.2, 0.25) is 0 Å². The van der Waals surface area contributed by atoms with Crippen molar-refractivity contribution in [3.05, 3.63) is 35.4 Å². The Balaban J connectivity index is 2.95. The van der Waals surface area contributed by atoms with Crippen LogP contribution in [0.1, 0.15) is 40.2 Å². The minimum Gasteiger partial charge on any atom is -0.314 e. The highest BCUT2D eigenvalue weighted by molar-refractivity contribution is 5.21. The highest BCUT2D eigenvalue weighted by atomic mass is 19.1. The molecule has 0 aliphatic carbocycles. The van der Waals surface area contributed by atoms with Crippen LogP contribution in [0, 0.1) is 23.0 Å². The van der Waals surface area contributed by atoms with Crippen LogP contribution < -0.4 is 5.32 Å². The molecule has 1 atom stereocenters. The van der Waals surface area contributed by atoms with Gasteiger partial charge in [0.2, 0.25) is 0 Å². The fourth-order valence-electron chi connectivity index (χ4n) is 2.01. The average molecular weight is 269 g/mol. The highest BCUT2D eigenvalue weighted by Crippen LogP contribution is 2.32. The van der Waals surface area contributed by atoms with Crippen molar-refractivity contribution in [3.8, 4) is 0 Å². The van der Waals surface area contributed by atoms with Crippen molar-refractivity contribution in [1.29, 1.82) is 0 Å². The molecule has 19 heavy (non-hydrogen) atoms. The molecule has 0 spiro atoms. The van der Waals surface area contributed by atoms with Crippen LogP contribution in [-0.4, -0.2) is 12.6 Å². The Morgan fingerprint density at radius 1 is 1.11 bits per heavy atom. The molecule has 0 bridgehead atoms. The fraction of sp³-hybridized carbons (Fsp3) is 0.625. The van der Waals surface area contributed by atoms with E-state index in [9.17, 15) is 8.78 Å². The van der Waals surface area contributed by atoms with E-state index in [0.29, 0.717) is 18.4 Å². The second-order valence-electron chi connectivity index (χ2n) is 6.22. The Kier molecular flexibility index (Phi) is 5.48. The maximum atomic E-state index is 13.8. The maximum absolute atomic E-state index is 13.8. The smallest absolute Gasteiger partial charge is 0.129 e. The van der Waals surface area contributed by atoms with Gasteiger partial charge in [0, 0.05) is 18.2 Å². The first-order valence-electron chi connectivity index (χ1n) is 6.92. The molecule has 0 saturated heterocycles. The van der Waals surface area contributed by atoms with Crippen LogP contribution in [0.3, 0.4) is 0 Å². The van der Waals surface area contributed by atoms with Gasteiger partial charge in [-0.2, -0.15) is 0 Å². The second kappa shape index (κ2) is 6.47. The molecule has 0 aromatic heterocycles. The second-order valence-corrected chi connectivity index (χ2v) is 6.22. The van der Waals surface area contributed by atoms with Crippen molar-refractivity contribution in [3.63, 3.8) is 0 Å². The lowest BCUT2D eigenvalue weighted by molar-refractivity contribution is 0.198. The SMILES string of the molecule is CC(C)NCC(C)(Cc1c(F)cccc1F)C(C)C. The van der Waals surface area contributed by atoms with E-state index in [2.05, 4.69) is 39.9 Å². The third-order valence-electron chi connectivity index (χ3n) is 3.95. The van der Waals surface area contributed by atoms with E-state index in [1.165, 1.54) is 18.2 Å². The number of hydrogen-bond donors (Lipinski definition) is 1. The number of nitrogens with one attached hydrogen (secondary N) is 1. The number of hydrogen-bond acceptors (Lipinski definition) is 1. The minimum atomic E-state index is -0.448. The molecule has 0 aliphatic rings. The van der Waals surface area contributed by atoms with E-state index >= 15 is 0 Å². The molecule has 1 N–H and O–H groups in total. The molecule has 0 radical (unpaired) electrons. The van der Waals surface area contributed by atoms with E-state index in [1.54, 1.807) is 0 Å². The van der Waals surface area contributed by atoms with E-state index in [1.807, 2.05) is 0 Å². The monoisotopic (exact) mass is 269 g/mol. The molecule has 1 unspecified atom stereocenters. The summed E-state index contributed by atoms with van der Waals surface area (Å²) < 4.78 is 27.6. The van der Waals surface area contributed by atoms with Crippen molar-refractivity contribution in [2.24, 2.45) is 11.3 Å². The predicted octanol–water partition coefficient (Wildman–Crippen LogP) is 4.17. The van der Waals surface area contributed by atoms with Crippen molar-refractivity contribution >= 4 is 0 Å². The van der Waals surface area contributed by atoms with Gasteiger partial charge in [-0.05, 0) is 29.9 Å². The van der Waals surface area contributed by atoms with Crippen LogP contribution in [0.15, 0.2) is 18.2 Å². The lowest BCUT2D eigenvalue weighted by Gasteiger charge is -2.35. The fourth-order valence-corrected chi connectivity index (χ4v) is 2.01.